The first-order valence-corrected chi connectivity index (χ1v) is 7.83. The molecule has 1 amide bonds. The topological polar surface area (TPSA) is 88.5 Å². The van der Waals surface area contributed by atoms with E-state index in [1.165, 1.54) is 0 Å². The zero-order valence-electron chi connectivity index (χ0n) is 13.3. The summed E-state index contributed by atoms with van der Waals surface area (Å²) in [5.41, 5.74) is 0.555. The lowest BCUT2D eigenvalue weighted by Gasteiger charge is -2.07. The number of unbranched alkanes of at least 4 members (excludes halogenated alkanes) is 2. The van der Waals surface area contributed by atoms with E-state index in [1.54, 1.807) is 48.8 Å². The Hall–Kier alpha value is -2.89. The third kappa shape index (κ3) is 6.08. The summed E-state index contributed by atoms with van der Waals surface area (Å²) < 4.78 is 5.62. The molecule has 0 atom stereocenters. The smallest absolute Gasteiger partial charge is 0.303 e. The molecule has 0 spiro atoms. The summed E-state index contributed by atoms with van der Waals surface area (Å²) in [4.78, 5) is 26.4. The largest absolute Gasteiger partial charge is 0.481 e. The van der Waals surface area contributed by atoms with Crippen molar-refractivity contribution < 1.29 is 19.4 Å². The molecule has 0 unspecified atom stereocenters. The summed E-state index contributed by atoms with van der Waals surface area (Å²) in [7, 11) is 0. The molecule has 0 fully saturated rings. The van der Waals surface area contributed by atoms with Gasteiger partial charge in [0.15, 0.2) is 0 Å². The van der Waals surface area contributed by atoms with Crippen LogP contribution in [0.1, 0.15) is 36.0 Å². The number of aliphatic carboxylic acids is 1. The van der Waals surface area contributed by atoms with E-state index in [4.69, 9.17) is 9.84 Å². The van der Waals surface area contributed by atoms with E-state index in [0.29, 0.717) is 30.0 Å². The van der Waals surface area contributed by atoms with Crippen molar-refractivity contribution in [2.24, 2.45) is 0 Å². The highest BCUT2D eigenvalue weighted by atomic mass is 16.5. The fourth-order valence-corrected chi connectivity index (χ4v) is 2.10. The predicted molar refractivity (Wildman–Crippen MR) is 89.2 cm³/mol. The molecule has 2 aromatic rings. The Morgan fingerprint density at radius 3 is 2.50 bits per heavy atom. The molecule has 6 nitrogen and oxygen atoms in total. The molecule has 2 rings (SSSR count). The van der Waals surface area contributed by atoms with E-state index in [0.717, 1.165) is 12.8 Å². The van der Waals surface area contributed by atoms with Gasteiger partial charge in [0.25, 0.3) is 5.91 Å². The minimum atomic E-state index is -0.785. The maximum absolute atomic E-state index is 12.0. The van der Waals surface area contributed by atoms with Crippen molar-refractivity contribution in [1.82, 2.24) is 10.3 Å². The van der Waals surface area contributed by atoms with E-state index in [2.05, 4.69) is 10.3 Å². The van der Waals surface area contributed by atoms with Crippen LogP contribution in [0.4, 0.5) is 0 Å². The SMILES string of the molecule is O=C(O)CCCCCNC(=O)c1ccc(Oc2cccnc2)cc1. The van der Waals surface area contributed by atoms with Crippen LogP contribution in [-0.2, 0) is 4.79 Å². The van der Waals surface area contributed by atoms with Gasteiger partial charge in [0.1, 0.15) is 11.5 Å². The van der Waals surface area contributed by atoms with Crippen LogP contribution in [0.25, 0.3) is 0 Å². The van der Waals surface area contributed by atoms with E-state index < -0.39 is 5.97 Å². The first-order chi connectivity index (χ1) is 11.6. The van der Waals surface area contributed by atoms with Crippen molar-refractivity contribution in [3.63, 3.8) is 0 Å². The lowest BCUT2D eigenvalue weighted by molar-refractivity contribution is -0.137. The van der Waals surface area contributed by atoms with Gasteiger partial charge in [-0.15, -0.1) is 0 Å². The molecular weight excluding hydrogens is 308 g/mol. The first kappa shape index (κ1) is 17.5. The molecule has 0 bridgehead atoms. The highest BCUT2D eigenvalue weighted by molar-refractivity contribution is 5.94. The predicted octanol–water partition coefficient (Wildman–Crippen LogP) is 3.25. The molecule has 0 saturated heterocycles. The number of aromatic nitrogens is 1. The molecule has 0 aliphatic rings. The van der Waals surface area contributed by atoms with Crippen LogP contribution in [0.5, 0.6) is 11.5 Å². The summed E-state index contributed by atoms with van der Waals surface area (Å²) >= 11 is 0. The van der Waals surface area contributed by atoms with E-state index in [9.17, 15) is 9.59 Å². The number of carboxylic acid groups (broad SMARTS) is 1. The second-order valence-electron chi connectivity index (χ2n) is 5.28. The summed E-state index contributed by atoms with van der Waals surface area (Å²) in [5, 5.41) is 11.4. The number of nitrogens with one attached hydrogen (secondary N) is 1. The molecule has 1 heterocycles. The van der Waals surface area contributed by atoms with E-state index >= 15 is 0 Å². The Labute approximate surface area is 140 Å². The highest BCUT2D eigenvalue weighted by Gasteiger charge is 2.05. The lowest BCUT2D eigenvalue weighted by Crippen LogP contribution is -2.24. The molecule has 2 N–H and O–H groups in total. The monoisotopic (exact) mass is 328 g/mol. The average molecular weight is 328 g/mol. The van der Waals surface area contributed by atoms with Crippen molar-refractivity contribution in [3.8, 4) is 11.5 Å². The summed E-state index contributed by atoms with van der Waals surface area (Å²) in [6.07, 6.45) is 5.64. The van der Waals surface area contributed by atoms with Crippen LogP contribution in [0.3, 0.4) is 0 Å². The number of benzene rings is 1. The highest BCUT2D eigenvalue weighted by Crippen LogP contribution is 2.20. The summed E-state index contributed by atoms with van der Waals surface area (Å²) in [6, 6.07) is 10.5. The van der Waals surface area contributed by atoms with Crippen molar-refractivity contribution in [2.75, 3.05) is 6.54 Å². The molecule has 0 saturated carbocycles. The summed E-state index contributed by atoms with van der Waals surface area (Å²) in [5.74, 6) is 0.332. The minimum Gasteiger partial charge on any atom is -0.481 e. The second kappa shape index (κ2) is 9.29. The number of rotatable bonds is 9. The van der Waals surface area contributed by atoms with Gasteiger partial charge in [-0.05, 0) is 49.2 Å². The number of amides is 1. The third-order valence-electron chi connectivity index (χ3n) is 3.34. The molecule has 126 valence electrons. The molecule has 1 aromatic heterocycles. The van der Waals surface area contributed by atoms with Gasteiger partial charge in [0.2, 0.25) is 0 Å². The Morgan fingerprint density at radius 1 is 1.04 bits per heavy atom. The van der Waals surface area contributed by atoms with Crippen LogP contribution >= 0.6 is 0 Å². The molecule has 0 aliphatic carbocycles. The number of carbonyl (C=O) groups is 2. The number of ether oxygens (including phenoxy) is 1. The quantitative estimate of drug-likeness (QED) is 0.690. The normalized spacial score (nSPS) is 10.2. The van der Waals surface area contributed by atoms with Gasteiger partial charge in [0, 0.05) is 24.7 Å². The standard InChI is InChI=1S/C18H20N2O4/c21-17(22)6-2-1-3-12-20-18(23)14-7-9-15(10-8-14)24-16-5-4-11-19-13-16/h4-5,7-11,13H,1-3,6,12H2,(H,20,23)(H,21,22). The second-order valence-corrected chi connectivity index (χ2v) is 5.28. The molecular formula is C18H20N2O4. The van der Waals surface area contributed by atoms with Gasteiger partial charge in [-0.3, -0.25) is 14.6 Å². The first-order valence-electron chi connectivity index (χ1n) is 7.83. The maximum atomic E-state index is 12.0. The fraction of sp³-hybridized carbons (Fsp3) is 0.278. The maximum Gasteiger partial charge on any atom is 0.303 e. The molecule has 1 aromatic carbocycles. The summed E-state index contributed by atoms with van der Waals surface area (Å²) in [6.45, 7) is 0.534. The number of hydrogen-bond acceptors (Lipinski definition) is 4. The van der Waals surface area contributed by atoms with Crippen LogP contribution in [0.15, 0.2) is 48.8 Å². The Bertz CT molecular complexity index is 656. The van der Waals surface area contributed by atoms with Gasteiger partial charge < -0.3 is 15.2 Å². The Morgan fingerprint density at radius 2 is 1.83 bits per heavy atom. The number of pyridine rings is 1. The zero-order chi connectivity index (χ0) is 17.2. The number of hydrogen-bond donors (Lipinski definition) is 2. The van der Waals surface area contributed by atoms with Gasteiger partial charge in [-0.2, -0.15) is 0 Å². The average Bonchev–Trinajstić information content (AvgIpc) is 2.59. The third-order valence-corrected chi connectivity index (χ3v) is 3.34. The number of carboxylic acids is 1. The van der Waals surface area contributed by atoms with E-state index in [1.807, 2.05) is 0 Å². The van der Waals surface area contributed by atoms with Gasteiger partial charge in [-0.25, -0.2) is 0 Å². The van der Waals surface area contributed by atoms with Gasteiger partial charge in [-0.1, -0.05) is 6.42 Å². The molecule has 0 radical (unpaired) electrons. The minimum absolute atomic E-state index is 0.152. The molecule has 0 aliphatic heterocycles. The molecule has 24 heavy (non-hydrogen) atoms. The van der Waals surface area contributed by atoms with Crippen LogP contribution < -0.4 is 10.1 Å². The van der Waals surface area contributed by atoms with Gasteiger partial charge >= 0.3 is 5.97 Å². The number of carbonyl (C=O) groups excluding carboxylic acids is 1. The van der Waals surface area contributed by atoms with Crippen molar-refractivity contribution >= 4 is 11.9 Å². The van der Waals surface area contributed by atoms with Crippen LogP contribution in [0.2, 0.25) is 0 Å². The Kier molecular flexibility index (Phi) is 6.76. The van der Waals surface area contributed by atoms with Crippen molar-refractivity contribution in [3.05, 3.63) is 54.4 Å². The van der Waals surface area contributed by atoms with E-state index in [-0.39, 0.29) is 12.3 Å². The zero-order valence-corrected chi connectivity index (χ0v) is 13.3. The van der Waals surface area contributed by atoms with Gasteiger partial charge in [0.05, 0.1) is 6.20 Å². The van der Waals surface area contributed by atoms with Crippen molar-refractivity contribution in [1.29, 1.82) is 0 Å². The van der Waals surface area contributed by atoms with Crippen molar-refractivity contribution in [2.45, 2.75) is 25.7 Å². The number of nitrogens with zero attached hydrogens (tertiary/aromatic N) is 1. The van der Waals surface area contributed by atoms with Crippen LogP contribution in [-0.4, -0.2) is 28.5 Å². The Balaban J connectivity index is 1.74. The lowest BCUT2D eigenvalue weighted by atomic mass is 10.2. The van der Waals surface area contributed by atoms with Crippen LogP contribution in [0, 0.1) is 0 Å². The molecule has 6 heteroatoms. The fourth-order valence-electron chi connectivity index (χ4n) is 2.10.